The van der Waals surface area contributed by atoms with Crippen LogP contribution < -0.4 is 0 Å². The van der Waals surface area contributed by atoms with Crippen molar-refractivity contribution in [3.63, 3.8) is 0 Å². The molecule has 0 amide bonds. The van der Waals surface area contributed by atoms with Crippen molar-refractivity contribution < 1.29 is 14.6 Å². The Labute approximate surface area is 128 Å². The quantitative estimate of drug-likeness (QED) is 0.896. The van der Waals surface area contributed by atoms with Crippen LogP contribution >= 0.6 is 15.9 Å². The van der Waals surface area contributed by atoms with Crippen molar-refractivity contribution in [1.29, 1.82) is 0 Å². The van der Waals surface area contributed by atoms with Crippen LogP contribution in [0.4, 0.5) is 0 Å². The first-order valence-corrected chi connectivity index (χ1v) is 8.05. The number of ether oxygens (including phenoxy) is 2. The minimum absolute atomic E-state index is 0.145. The fourth-order valence-corrected chi connectivity index (χ4v) is 3.57. The molecule has 0 aromatic heterocycles. The third-order valence-corrected chi connectivity index (χ3v) is 5.46. The van der Waals surface area contributed by atoms with Gasteiger partial charge in [0, 0.05) is 24.1 Å². The molecule has 2 saturated heterocycles. The first-order chi connectivity index (χ1) is 9.60. The molecule has 3 nitrogen and oxygen atoms in total. The van der Waals surface area contributed by atoms with E-state index >= 15 is 0 Å². The second-order valence-corrected chi connectivity index (χ2v) is 6.89. The Kier molecular flexibility index (Phi) is 4.18. The average Bonchev–Trinajstić information content (AvgIpc) is 2.89. The van der Waals surface area contributed by atoms with E-state index in [4.69, 9.17) is 9.47 Å². The molecule has 1 N–H and O–H groups in total. The Morgan fingerprint density at radius 2 is 2.25 bits per heavy atom. The van der Waals surface area contributed by atoms with Gasteiger partial charge in [0.25, 0.3) is 0 Å². The zero-order valence-corrected chi connectivity index (χ0v) is 13.4. The van der Waals surface area contributed by atoms with Crippen LogP contribution in [-0.4, -0.2) is 30.5 Å². The molecule has 3 atom stereocenters. The molecule has 2 aliphatic heterocycles. The van der Waals surface area contributed by atoms with Gasteiger partial charge in [0.15, 0.2) is 0 Å². The van der Waals surface area contributed by atoms with Crippen LogP contribution in [-0.2, 0) is 9.47 Å². The molecular formula is C16H21BrO3. The molecule has 20 heavy (non-hydrogen) atoms. The maximum absolute atomic E-state index is 10.7. The van der Waals surface area contributed by atoms with E-state index in [0.717, 1.165) is 48.1 Å². The lowest BCUT2D eigenvalue weighted by Gasteiger charge is -2.39. The number of hydrogen-bond donors (Lipinski definition) is 1. The van der Waals surface area contributed by atoms with Crippen molar-refractivity contribution in [2.24, 2.45) is 5.92 Å². The average molecular weight is 341 g/mol. The minimum Gasteiger partial charge on any atom is -0.388 e. The van der Waals surface area contributed by atoms with Gasteiger partial charge in [-0.05, 0) is 42.9 Å². The summed E-state index contributed by atoms with van der Waals surface area (Å²) in [6.07, 6.45) is 2.35. The number of aliphatic hydroxyl groups excluding tert-OH is 1. The van der Waals surface area contributed by atoms with Crippen LogP contribution in [0.5, 0.6) is 0 Å². The van der Waals surface area contributed by atoms with Gasteiger partial charge in [0.2, 0.25) is 0 Å². The summed E-state index contributed by atoms with van der Waals surface area (Å²) in [5.74, 6) is 0.256. The van der Waals surface area contributed by atoms with Gasteiger partial charge in [0.05, 0.1) is 18.3 Å². The molecule has 1 spiro atoms. The zero-order valence-electron chi connectivity index (χ0n) is 11.8. The van der Waals surface area contributed by atoms with Crippen molar-refractivity contribution in [1.82, 2.24) is 0 Å². The first-order valence-electron chi connectivity index (χ1n) is 7.25. The standard InChI is InChI=1S/C16H21BrO3/c1-11-8-12(2-3-14(11)17)15(18)13-4-6-20-16(9-13)5-7-19-10-16/h2-3,8,13,15,18H,4-7,9-10H2,1H3. The highest BCUT2D eigenvalue weighted by molar-refractivity contribution is 9.10. The van der Waals surface area contributed by atoms with Crippen LogP contribution in [0.15, 0.2) is 22.7 Å². The van der Waals surface area contributed by atoms with Gasteiger partial charge in [-0.2, -0.15) is 0 Å². The molecule has 3 unspecified atom stereocenters. The zero-order chi connectivity index (χ0) is 14.2. The van der Waals surface area contributed by atoms with Gasteiger partial charge in [-0.15, -0.1) is 0 Å². The van der Waals surface area contributed by atoms with Crippen molar-refractivity contribution in [3.05, 3.63) is 33.8 Å². The van der Waals surface area contributed by atoms with Crippen LogP contribution in [0, 0.1) is 12.8 Å². The SMILES string of the molecule is Cc1cc(C(O)C2CCOC3(CCOC3)C2)ccc1Br. The molecule has 110 valence electrons. The van der Waals surface area contributed by atoms with E-state index in [-0.39, 0.29) is 11.5 Å². The Bertz CT molecular complexity index is 483. The smallest absolute Gasteiger partial charge is 0.0940 e. The number of aliphatic hydroxyl groups is 1. The normalized spacial score (nSPS) is 31.6. The third kappa shape index (κ3) is 2.80. The van der Waals surface area contributed by atoms with Crippen LogP contribution in [0.2, 0.25) is 0 Å². The minimum atomic E-state index is -0.414. The lowest BCUT2D eigenvalue weighted by atomic mass is 9.80. The molecular weight excluding hydrogens is 320 g/mol. The Hall–Kier alpha value is -0.420. The largest absolute Gasteiger partial charge is 0.388 e. The van der Waals surface area contributed by atoms with Crippen LogP contribution in [0.3, 0.4) is 0 Å². The number of halogens is 1. The summed E-state index contributed by atoms with van der Waals surface area (Å²) < 4.78 is 12.5. The summed E-state index contributed by atoms with van der Waals surface area (Å²) >= 11 is 3.51. The molecule has 0 saturated carbocycles. The Morgan fingerprint density at radius 3 is 2.95 bits per heavy atom. The van der Waals surface area contributed by atoms with E-state index in [1.807, 2.05) is 12.1 Å². The monoisotopic (exact) mass is 340 g/mol. The van der Waals surface area contributed by atoms with Gasteiger partial charge in [0.1, 0.15) is 0 Å². The predicted molar refractivity (Wildman–Crippen MR) is 80.7 cm³/mol. The molecule has 0 bridgehead atoms. The van der Waals surface area contributed by atoms with E-state index < -0.39 is 6.10 Å². The number of hydrogen-bond acceptors (Lipinski definition) is 3. The maximum Gasteiger partial charge on any atom is 0.0940 e. The van der Waals surface area contributed by atoms with E-state index in [1.165, 1.54) is 0 Å². The second kappa shape index (κ2) is 5.76. The number of aryl methyl sites for hydroxylation is 1. The Balaban J connectivity index is 1.75. The van der Waals surface area contributed by atoms with Crippen LogP contribution in [0.25, 0.3) is 0 Å². The number of rotatable bonds is 2. The highest BCUT2D eigenvalue weighted by Crippen LogP contribution is 2.41. The van der Waals surface area contributed by atoms with Crippen molar-refractivity contribution in [3.8, 4) is 0 Å². The summed E-state index contributed by atoms with van der Waals surface area (Å²) in [5.41, 5.74) is 2.02. The van der Waals surface area contributed by atoms with Crippen LogP contribution in [0.1, 0.15) is 36.5 Å². The van der Waals surface area contributed by atoms with Crippen molar-refractivity contribution in [2.45, 2.75) is 37.9 Å². The topological polar surface area (TPSA) is 38.7 Å². The third-order valence-electron chi connectivity index (χ3n) is 4.57. The van der Waals surface area contributed by atoms with Gasteiger partial charge in [-0.1, -0.05) is 28.1 Å². The molecule has 1 aromatic carbocycles. The lowest BCUT2D eigenvalue weighted by Crippen LogP contribution is -2.41. The Morgan fingerprint density at radius 1 is 1.40 bits per heavy atom. The van der Waals surface area contributed by atoms with Gasteiger partial charge < -0.3 is 14.6 Å². The summed E-state index contributed by atoms with van der Waals surface area (Å²) in [6.45, 7) is 4.23. The van der Waals surface area contributed by atoms with Crippen molar-refractivity contribution in [2.75, 3.05) is 19.8 Å². The fourth-order valence-electron chi connectivity index (χ4n) is 3.32. The molecule has 3 rings (SSSR count). The molecule has 1 aromatic rings. The molecule has 0 aliphatic carbocycles. The summed E-state index contributed by atoms with van der Waals surface area (Å²) in [4.78, 5) is 0. The van der Waals surface area contributed by atoms with Gasteiger partial charge in [-0.3, -0.25) is 0 Å². The highest BCUT2D eigenvalue weighted by atomic mass is 79.9. The predicted octanol–water partition coefficient (Wildman–Crippen LogP) is 3.38. The van der Waals surface area contributed by atoms with E-state index in [1.54, 1.807) is 0 Å². The number of benzene rings is 1. The van der Waals surface area contributed by atoms with Gasteiger partial charge in [-0.25, -0.2) is 0 Å². The second-order valence-electron chi connectivity index (χ2n) is 6.04. The summed E-state index contributed by atoms with van der Waals surface area (Å²) in [7, 11) is 0. The van der Waals surface area contributed by atoms with Crippen molar-refractivity contribution >= 4 is 15.9 Å². The fraction of sp³-hybridized carbons (Fsp3) is 0.625. The highest BCUT2D eigenvalue weighted by Gasteiger charge is 2.42. The first kappa shape index (κ1) is 14.5. The van der Waals surface area contributed by atoms with E-state index in [2.05, 4.69) is 28.9 Å². The molecule has 4 heteroatoms. The van der Waals surface area contributed by atoms with E-state index in [0.29, 0.717) is 6.61 Å². The van der Waals surface area contributed by atoms with E-state index in [9.17, 15) is 5.11 Å². The summed E-state index contributed by atoms with van der Waals surface area (Å²) in [6, 6.07) is 6.10. The molecule has 0 radical (unpaired) electrons. The maximum atomic E-state index is 10.7. The molecule has 2 heterocycles. The molecule has 2 fully saturated rings. The molecule has 2 aliphatic rings. The summed E-state index contributed by atoms with van der Waals surface area (Å²) in [5, 5.41) is 10.7. The lowest BCUT2D eigenvalue weighted by molar-refractivity contribution is -0.117. The van der Waals surface area contributed by atoms with Gasteiger partial charge >= 0.3 is 0 Å².